The number of quaternary nitrogens is 2. The van der Waals surface area contributed by atoms with Crippen LogP contribution in [0.15, 0.2) is 0 Å². The Morgan fingerprint density at radius 2 is 0.975 bits per heavy atom. The minimum absolute atomic E-state index is 0.586. The lowest BCUT2D eigenvalue weighted by Gasteiger charge is -2.46. The van der Waals surface area contributed by atoms with E-state index in [1.54, 1.807) is 0 Å². The third kappa shape index (κ3) is 9.72. The first-order valence-corrected chi connectivity index (χ1v) is 18.3. The van der Waals surface area contributed by atoms with E-state index in [9.17, 15) is 0 Å². The number of hydrogen-bond donors (Lipinski definition) is 0. The van der Waals surface area contributed by atoms with E-state index in [1.807, 2.05) is 0 Å². The summed E-state index contributed by atoms with van der Waals surface area (Å²) >= 11 is 0. The summed E-state index contributed by atoms with van der Waals surface area (Å²) in [5.41, 5.74) is 1.17. The van der Waals surface area contributed by atoms with Crippen molar-refractivity contribution in [2.75, 3.05) is 41.3 Å². The molecule has 2 saturated carbocycles. The minimum atomic E-state index is 0.586. The van der Waals surface area contributed by atoms with Crippen LogP contribution in [0.3, 0.4) is 0 Å². The van der Waals surface area contributed by atoms with Crippen molar-refractivity contribution >= 4 is 0 Å². The molecule has 0 bridgehead atoms. The van der Waals surface area contributed by atoms with Gasteiger partial charge in [-0.05, 0) is 113 Å². The van der Waals surface area contributed by atoms with Crippen molar-refractivity contribution in [1.82, 2.24) is 0 Å². The molecule has 2 nitrogen and oxygen atoms in total. The van der Waals surface area contributed by atoms with Gasteiger partial charge in [0.25, 0.3) is 0 Å². The van der Waals surface area contributed by atoms with Crippen molar-refractivity contribution in [1.29, 1.82) is 0 Å². The zero-order chi connectivity index (χ0) is 30.2. The van der Waals surface area contributed by atoms with Crippen molar-refractivity contribution in [2.45, 2.75) is 170 Å². The van der Waals surface area contributed by atoms with E-state index in [1.165, 1.54) is 125 Å². The molecule has 2 rings (SSSR count). The SMILES string of the molecule is CCC1(C)CCCC(C)C1CCC(C)[N+](C)(C)CCCCCC[N+](C)(C)C(C)CCC1C(C)CCCC1(C)CC. The molecule has 0 aromatic heterocycles. The normalized spacial score (nSPS) is 33.6. The van der Waals surface area contributed by atoms with Crippen LogP contribution in [0, 0.1) is 34.5 Å². The number of rotatable bonds is 17. The standard InChI is InChI=1S/C38H78N2/c1-13-37(7)27-19-21-31(3)35(37)25-23-33(5)39(9,10)29-17-15-16-18-30-40(11,12)34(6)24-26-36-32(4)22-20-28-38(36,8)14-2/h31-36H,13-30H2,1-12H3/q+2. The number of hydrogen-bond acceptors (Lipinski definition) is 0. The Bertz CT molecular complexity index is 652. The molecule has 0 N–H and O–H groups in total. The van der Waals surface area contributed by atoms with Crippen LogP contribution in [-0.2, 0) is 0 Å². The fraction of sp³-hybridized carbons (Fsp3) is 1.00. The van der Waals surface area contributed by atoms with Gasteiger partial charge in [0.05, 0.1) is 53.4 Å². The quantitative estimate of drug-likeness (QED) is 0.122. The molecule has 0 heterocycles. The smallest absolute Gasteiger partial charge is 0.0857 e. The van der Waals surface area contributed by atoms with Gasteiger partial charge in [0.1, 0.15) is 0 Å². The molecular weight excluding hydrogens is 484 g/mol. The summed E-state index contributed by atoms with van der Waals surface area (Å²) in [5.74, 6) is 3.69. The first-order valence-electron chi connectivity index (χ1n) is 18.3. The largest absolute Gasteiger partial charge is 0.326 e. The van der Waals surface area contributed by atoms with Gasteiger partial charge in [-0.25, -0.2) is 0 Å². The molecule has 0 aromatic rings. The Kier molecular flexibility index (Phi) is 14.1. The molecule has 2 aliphatic carbocycles. The van der Waals surface area contributed by atoms with Gasteiger partial charge < -0.3 is 8.97 Å². The van der Waals surface area contributed by atoms with Crippen LogP contribution < -0.4 is 0 Å². The number of nitrogens with zero attached hydrogens (tertiary/aromatic N) is 2. The van der Waals surface area contributed by atoms with E-state index >= 15 is 0 Å². The molecule has 0 aromatic carbocycles. The average molecular weight is 563 g/mol. The van der Waals surface area contributed by atoms with Crippen LogP contribution in [0.5, 0.6) is 0 Å². The van der Waals surface area contributed by atoms with Crippen molar-refractivity contribution in [3.8, 4) is 0 Å². The summed E-state index contributed by atoms with van der Waals surface area (Å²) in [7, 11) is 10.0. The van der Waals surface area contributed by atoms with Gasteiger partial charge in [0.2, 0.25) is 0 Å². The van der Waals surface area contributed by atoms with Crippen molar-refractivity contribution in [2.24, 2.45) is 34.5 Å². The molecule has 0 aliphatic heterocycles. The predicted molar refractivity (Wildman–Crippen MR) is 180 cm³/mol. The third-order valence-corrected chi connectivity index (χ3v) is 14.0. The highest BCUT2D eigenvalue weighted by Crippen LogP contribution is 2.50. The third-order valence-electron chi connectivity index (χ3n) is 14.0. The van der Waals surface area contributed by atoms with Crippen molar-refractivity contribution < 1.29 is 8.97 Å². The fourth-order valence-electron chi connectivity index (χ4n) is 9.32. The Morgan fingerprint density at radius 3 is 1.30 bits per heavy atom. The Labute approximate surface area is 254 Å². The molecule has 2 fully saturated rings. The van der Waals surface area contributed by atoms with Gasteiger partial charge in [-0.2, -0.15) is 0 Å². The van der Waals surface area contributed by atoms with E-state index < -0.39 is 0 Å². The van der Waals surface area contributed by atoms with Crippen LogP contribution in [-0.4, -0.2) is 62.3 Å². The summed E-state index contributed by atoms with van der Waals surface area (Å²) in [5, 5.41) is 0. The van der Waals surface area contributed by atoms with Crippen LogP contribution in [0.4, 0.5) is 0 Å². The molecular formula is C38H78N2+2. The lowest BCUT2D eigenvalue weighted by molar-refractivity contribution is -0.914. The van der Waals surface area contributed by atoms with E-state index in [-0.39, 0.29) is 0 Å². The van der Waals surface area contributed by atoms with E-state index in [0.717, 1.165) is 35.8 Å². The van der Waals surface area contributed by atoms with Gasteiger partial charge in [0, 0.05) is 0 Å². The maximum absolute atomic E-state index is 2.60. The second kappa shape index (κ2) is 15.6. The summed E-state index contributed by atoms with van der Waals surface area (Å²) in [6, 6.07) is 1.54. The van der Waals surface area contributed by atoms with Crippen LogP contribution in [0.1, 0.15) is 158 Å². The van der Waals surface area contributed by atoms with Gasteiger partial charge >= 0.3 is 0 Å². The zero-order valence-corrected chi connectivity index (χ0v) is 30.1. The Hall–Kier alpha value is -0.0800. The molecule has 2 aliphatic rings. The lowest BCUT2D eigenvalue weighted by atomic mass is 9.60. The molecule has 0 amide bonds. The Morgan fingerprint density at radius 1 is 0.625 bits per heavy atom. The highest BCUT2D eigenvalue weighted by Gasteiger charge is 2.41. The van der Waals surface area contributed by atoms with Crippen LogP contribution in [0.25, 0.3) is 0 Å². The molecule has 2 heteroatoms. The molecule has 238 valence electrons. The molecule has 8 atom stereocenters. The fourth-order valence-corrected chi connectivity index (χ4v) is 9.32. The van der Waals surface area contributed by atoms with E-state index in [2.05, 4.69) is 83.6 Å². The highest BCUT2D eigenvalue weighted by atomic mass is 15.3. The summed E-state index contributed by atoms with van der Waals surface area (Å²) in [6.45, 7) is 22.9. The Balaban J connectivity index is 1.69. The highest BCUT2D eigenvalue weighted by molar-refractivity contribution is 4.90. The van der Waals surface area contributed by atoms with Gasteiger partial charge in [-0.1, -0.05) is 80.1 Å². The minimum Gasteiger partial charge on any atom is -0.326 e. The maximum Gasteiger partial charge on any atom is 0.0857 e. The number of unbranched alkanes of at least 4 members (excludes halogenated alkanes) is 3. The lowest BCUT2D eigenvalue weighted by Crippen LogP contribution is -2.49. The van der Waals surface area contributed by atoms with Gasteiger partial charge in [-0.3, -0.25) is 0 Å². The second-order valence-electron chi connectivity index (χ2n) is 17.2. The molecule has 0 radical (unpaired) electrons. The summed E-state index contributed by atoms with van der Waals surface area (Å²) in [6.07, 6.45) is 22.7. The van der Waals surface area contributed by atoms with Gasteiger partial charge in [-0.15, -0.1) is 0 Å². The molecule has 40 heavy (non-hydrogen) atoms. The maximum atomic E-state index is 2.60. The van der Waals surface area contributed by atoms with Crippen LogP contribution >= 0.6 is 0 Å². The van der Waals surface area contributed by atoms with Gasteiger partial charge in [0.15, 0.2) is 0 Å². The van der Waals surface area contributed by atoms with E-state index in [0.29, 0.717) is 10.8 Å². The van der Waals surface area contributed by atoms with E-state index in [4.69, 9.17) is 0 Å². The summed E-state index contributed by atoms with van der Waals surface area (Å²) in [4.78, 5) is 0. The molecule has 0 spiro atoms. The molecule has 0 saturated heterocycles. The summed E-state index contributed by atoms with van der Waals surface area (Å²) < 4.78 is 2.41. The van der Waals surface area contributed by atoms with Crippen molar-refractivity contribution in [3.63, 3.8) is 0 Å². The first-order chi connectivity index (χ1) is 18.6. The first kappa shape index (κ1) is 36.1. The van der Waals surface area contributed by atoms with Crippen LogP contribution in [0.2, 0.25) is 0 Å². The molecule has 8 unspecified atom stereocenters. The predicted octanol–water partition coefficient (Wildman–Crippen LogP) is 10.7. The monoisotopic (exact) mass is 563 g/mol. The zero-order valence-electron chi connectivity index (χ0n) is 30.1. The average Bonchev–Trinajstić information content (AvgIpc) is 2.89. The van der Waals surface area contributed by atoms with Crippen molar-refractivity contribution in [3.05, 3.63) is 0 Å². The second-order valence-corrected chi connectivity index (χ2v) is 17.2. The topological polar surface area (TPSA) is 0 Å².